The third-order valence-electron chi connectivity index (χ3n) is 1.43. The van der Waals surface area contributed by atoms with E-state index in [1.54, 1.807) is 0 Å². The van der Waals surface area contributed by atoms with Gasteiger partial charge >= 0.3 is 8.03 Å². The minimum atomic E-state index is -1.97. The second kappa shape index (κ2) is 4.22. The smallest absolute Gasteiger partial charge is 0.161 e. The molecule has 0 bridgehead atoms. The Kier molecular flexibility index (Phi) is 3.21. The van der Waals surface area contributed by atoms with E-state index in [0.29, 0.717) is 12.6 Å². The molecular weight excluding hydrogens is 159 g/mol. The molecule has 1 aromatic carbocycles. The van der Waals surface area contributed by atoms with Crippen molar-refractivity contribution in [3.8, 4) is 0 Å². The number of benzene rings is 1. The van der Waals surface area contributed by atoms with Crippen LogP contribution in [0, 0.1) is 0 Å². The second-order valence-corrected chi connectivity index (χ2v) is 3.46. The first-order chi connectivity index (χ1) is 5.29. The van der Waals surface area contributed by atoms with Gasteiger partial charge in [-0.3, -0.25) is 0 Å². The van der Waals surface area contributed by atoms with Crippen LogP contribution in [-0.4, -0.2) is 11.1 Å². The highest BCUT2D eigenvalue weighted by atomic mass is 31.1. The van der Waals surface area contributed by atoms with Crippen LogP contribution >= 0.6 is 8.03 Å². The average Bonchev–Trinajstić information content (AvgIpc) is 2.03. The van der Waals surface area contributed by atoms with Gasteiger partial charge in [0.15, 0.2) is 6.16 Å². The molecule has 0 heterocycles. The van der Waals surface area contributed by atoms with Crippen molar-refractivity contribution in [1.29, 1.82) is 0 Å². The molecule has 0 spiro atoms. The number of aryl methyl sites for hydroxylation is 1. The Labute approximate surface area is 66.7 Å². The van der Waals surface area contributed by atoms with E-state index in [9.17, 15) is 4.57 Å². The van der Waals surface area contributed by atoms with Gasteiger partial charge < -0.3 is 0 Å². The molecule has 0 aromatic heterocycles. The van der Waals surface area contributed by atoms with Gasteiger partial charge in [-0.25, -0.2) is 0 Å². The summed E-state index contributed by atoms with van der Waals surface area (Å²) in [6.07, 6.45) is 1.05. The third kappa shape index (κ3) is 3.26. The van der Waals surface area contributed by atoms with Crippen molar-refractivity contribution >= 4 is 8.03 Å². The molecule has 0 saturated carbocycles. The predicted octanol–water partition coefficient (Wildman–Crippen LogP) is 1.96. The van der Waals surface area contributed by atoms with Crippen LogP contribution in [0.15, 0.2) is 30.3 Å². The van der Waals surface area contributed by atoms with Crippen LogP contribution in [-0.2, 0) is 11.0 Å². The minimum Gasteiger partial charge on any atom is -0.161 e. The van der Waals surface area contributed by atoms with E-state index in [1.165, 1.54) is 0 Å². The van der Waals surface area contributed by atoms with Gasteiger partial charge in [-0.1, -0.05) is 30.3 Å². The van der Waals surface area contributed by atoms with Crippen LogP contribution in [0.5, 0.6) is 0 Å². The summed E-state index contributed by atoms with van der Waals surface area (Å²) in [5.74, 6) is 0. The molecule has 0 amide bonds. The van der Waals surface area contributed by atoms with E-state index < -0.39 is 8.03 Å². The Morgan fingerprint density at radius 2 is 1.91 bits per heavy atom. The molecule has 0 aliphatic heterocycles. The van der Waals surface area contributed by atoms with Crippen LogP contribution in [0.25, 0.3) is 0 Å². The number of hydrogen-bond acceptors (Lipinski definition) is 1. The lowest BCUT2D eigenvalue weighted by Crippen LogP contribution is -1.86. The summed E-state index contributed by atoms with van der Waals surface area (Å²) < 4.78 is 10.3. The molecule has 0 fully saturated rings. The van der Waals surface area contributed by atoms with Crippen molar-refractivity contribution in [2.75, 3.05) is 6.16 Å². The molecule has 0 saturated heterocycles. The van der Waals surface area contributed by atoms with E-state index in [1.807, 2.05) is 30.3 Å². The third-order valence-corrected chi connectivity index (χ3v) is 2.04. The summed E-state index contributed by atoms with van der Waals surface area (Å²) in [4.78, 5) is 8.52. The van der Waals surface area contributed by atoms with Crippen LogP contribution < -0.4 is 0 Å². The van der Waals surface area contributed by atoms with E-state index in [0.717, 1.165) is 5.56 Å². The summed E-state index contributed by atoms with van der Waals surface area (Å²) in [5.41, 5.74) is 1.12. The summed E-state index contributed by atoms with van der Waals surface area (Å²) in [5, 5.41) is 0. The molecule has 0 radical (unpaired) electrons. The lowest BCUT2D eigenvalue weighted by atomic mass is 10.2. The van der Waals surface area contributed by atoms with Crippen molar-refractivity contribution in [2.45, 2.75) is 6.42 Å². The first kappa shape index (κ1) is 8.38. The predicted molar refractivity (Wildman–Crippen MR) is 44.8 cm³/mol. The average molecular weight is 169 g/mol. The van der Waals surface area contributed by atoms with Crippen molar-refractivity contribution in [1.82, 2.24) is 0 Å². The zero-order chi connectivity index (χ0) is 8.10. The maximum Gasteiger partial charge on any atom is 0.505 e. The van der Waals surface area contributed by atoms with Crippen LogP contribution in [0.1, 0.15) is 5.56 Å². The monoisotopic (exact) mass is 169 g/mol. The standard InChI is InChI=1S/C8H9O2P/c9-11(10)7-6-8-4-2-1-3-5-8/h1-5H,6-7H2/p+1. The molecule has 3 heteroatoms. The number of rotatable bonds is 3. The van der Waals surface area contributed by atoms with Gasteiger partial charge in [0.05, 0.1) is 0 Å². The van der Waals surface area contributed by atoms with Crippen molar-refractivity contribution in [2.24, 2.45) is 0 Å². The van der Waals surface area contributed by atoms with Crippen LogP contribution in [0.4, 0.5) is 0 Å². The summed E-state index contributed by atoms with van der Waals surface area (Å²) in [7, 11) is -1.97. The molecule has 0 aliphatic carbocycles. The van der Waals surface area contributed by atoms with Gasteiger partial charge in [0.2, 0.25) is 0 Å². The van der Waals surface area contributed by atoms with Gasteiger partial charge in [0, 0.05) is 6.42 Å². The highest BCUT2D eigenvalue weighted by Crippen LogP contribution is 2.14. The second-order valence-electron chi connectivity index (χ2n) is 2.31. The molecule has 1 unspecified atom stereocenters. The van der Waals surface area contributed by atoms with E-state index in [4.69, 9.17) is 4.89 Å². The van der Waals surface area contributed by atoms with Crippen molar-refractivity contribution in [3.05, 3.63) is 35.9 Å². The largest absolute Gasteiger partial charge is 0.505 e. The van der Waals surface area contributed by atoms with Gasteiger partial charge in [0.1, 0.15) is 0 Å². The summed E-state index contributed by atoms with van der Waals surface area (Å²) in [6, 6.07) is 9.71. The fourth-order valence-corrected chi connectivity index (χ4v) is 1.32. The zero-order valence-electron chi connectivity index (χ0n) is 6.10. The van der Waals surface area contributed by atoms with Gasteiger partial charge in [-0.15, -0.1) is 0 Å². The Morgan fingerprint density at radius 3 is 2.45 bits per heavy atom. The molecule has 2 nitrogen and oxygen atoms in total. The maximum atomic E-state index is 10.3. The normalized spacial score (nSPS) is 11.2. The molecule has 1 atom stereocenters. The Morgan fingerprint density at radius 1 is 1.27 bits per heavy atom. The molecule has 1 aromatic rings. The lowest BCUT2D eigenvalue weighted by Gasteiger charge is -1.91. The van der Waals surface area contributed by atoms with Gasteiger partial charge in [0.25, 0.3) is 0 Å². The first-order valence-corrected chi connectivity index (χ1v) is 4.86. The first-order valence-electron chi connectivity index (χ1n) is 3.46. The number of hydrogen-bond donors (Lipinski definition) is 1. The lowest BCUT2D eigenvalue weighted by molar-refractivity contribution is 0.502. The van der Waals surface area contributed by atoms with Crippen LogP contribution in [0.2, 0.25) is 0 Å². The van der Waals surface area contributed by atoms with Gasteiger partial charge in [-0.2, -0.15) is 4.89 Å². The van der Waals surface area contributed by atoms with Crippen molar-refractivity contribution in [3.63, 3.8) is 0 Å². The topological polar surface area (TPSA) is 37.3 Å². The molecule has 1 N–H and O–H groups in total. The molecule has 0 aliphatic rings. The molecule has 58 valence electrons. The Bertz CT molecular complexity index is 233. The van der Waals surface area contributed by atoms with Crippen molar-refractivity contribution < 1.29 is 9.46 Å². The zero-order valence-corrected chi connectivity index (χ0v) is 7.00. The van der Waals surface area contributed by atoms with Gasteiger partial charge in [-0.05, 0) is 10.1 Å². The maximum absolute atomic E-state index is 10.3. The fraction of sp³-hybridized carbons (Fsp3) is 0.250. The van der Waals surface area contributed by atoms with E-state index >= 15 is 0 Å². The van der Waals surface area contributed by atoms with Crippen LogP contribution in [0.3, 0.4) is 0 Å². The SMILES string of the molecule is O=[P+](O)CCc1ccccc1. The minimum absolute atomic E-state index is 0.360. The molecule has 1 rings (SSSR count). The van der Waals surface area contributed by atoms with E-state index in [-0.39, 0.29) is 0 Å². The Balaban J connectivity index is 2.45. The molecule has 11 heavy (non-hydrogen) atoms. The molecular formula is C8H10O2P+. The van der Waals surface area contributed by atoms with E-state index in [2.05, 4.69) is 0 Å². The summed E-state index contributed by atoms with van der Waals surface area (Å²) >= 11 is 0. The quantitative estimate of drug-likeness (QED) is 0.702. The highest BCUT2D eigenvalue weighted by Gasteiger charge is 2.08. The summed E-state index contributed by atoms with van der Waals surface area (Å²) in [6.45, 7) is 0. The Hall–Kier alpha value is -0.720. The fourth-order valence-electron chi connectivity index (χ4n) is 0.869. The highest BCUT2D eigenvalue weighted by molar-refractivity contribution is 7.37.